The Morgan fingerprint density at radius 2 is 1.95 bits per heavy atom. The second kappa shape index (κ2) is 10.6. The second-order valence-electron chi connectivity index (χ2n) is 9.51. The molecule has 2 amide bonds. The van der Waals surface area contributed by atoms with Crippen molar-refractivity contribution in [3.8, 4) is 11.5 Å². The molecule has 3 aliphatic rings. The molecule has 198 valence electrons. The van der Waals surface area contributed by atoms with Crippen LogP contribution in [0.5, 0.6) is 11.5 Å². The number of hydrogen-bond donors (Lipinski definition) is 1. The summed E-state index contributed by atoms with van der Waals surface area (Å²) in [7, 11) is -3.93. The van der Waals surface area contributed by atoms with Crippen molar-refractivity contribution in [3.63, 3.8) is 0 Å². The molecule has 0 unspecified atom stereocenters. The number of piperidine rings is 1. The Balaban J connectivity index is 1.28. The molecule has 3 heterocycles. The van der Waals surface area contributed by atoms with Crippen molar-refractivity contribution in [2.45, 2.75) is 43.6 Å². The van der Waals surface area contributed by atoms with Gasteiger partial charge in [-0.2, -0.15) is 4.31 Å². The summed E-state index contributed by atoms with van der Waals surface area (Å²) in [5.74, 6) is 0.528. The number of ether oxygens (including phenoxy) is 2. The van der Waals surface area contributed by atoms with Gasteiger partial charge in [0.05, 0.1) is 18.2 Å². The fourth-order valence-electron chi connectivity index (χ4n) is 5.14. The number of hydrogen-bond acceptors (Lipinski definition) is 6. The molecule has 0 spiro atoms. The first kappa shape index (κ1) is 26.0. The summed E-state index contributed by atoms with van der Waals surface area (Å²) in [6.45, 7) is 3.23. The van der Waals surface area contributed by atoms with Crippen LogP contribution < -0.4 is 19.7 Å². The van der Waals surface area contributed by atoms with Crippen molar-refractivity contribution < 1.29 is 27.5 Å². The number of para-hydroxylation sites is 2. The molecule has 3 aliphatic heterocycles. The molecule has 1 N–H and O–H groups in total. The predicted octanol–water partition coefficient (Wildman–Crippen LogP) is 3.11. The molecule has 2 aromatic rings. The highest BCUT2D eigenvalue weighted by Crippen LogP contribution is 2.40. The number of fused-ring (bicyclic) bond motifs is 2. The first-order valence-electron chi connectivity index (χ1n) is 12.6. The molecule has 0 saturated carbocycles. The molecule has 0 aliphatic carbocycles. The summed E-state index contributed by atoms with van der Waals surface area (Å²) >= 11 is 3.44. The van der Waals surface area contributed by atoms with Gasteiger partial charge in [0.15, 0.2) is 11.5 Å². The van der Waals surface area contributed by atoms with Gasteiger partial charge in [0, 0.05) is 30.5 Å². The summed E-state index contributed by atoms with van der Waals surface area (Å²) in [5.41, 5.74) is 1.30. The fraction of sp³-hybridized carbons (Fsp3) is 0.462. The predicted molar refractivity (Wildman–Crippen MR) is 141 cm³/mol. The largest absolute Gasteiger partial charge is 0.486 e. The van der Waals surface area contributed by atoms with Crippen LogP contribution in [-0.4, -0.2) is 63.4 Å². The highest BCUT2D eigenvalue weighted by Gasteiger charge is 2.38. The number of halogens is 1. The zero-order valence-electron chi connectivity index (χ0n) is 20.6. The van der Waals surface area contributed by atoms with E-state index in [1.165, 1.54) is 4.31 Å². The SMILES string of the molecule is CCC(=O)N1CCc2cc(Br)cc(S(=O)(=O)N3CCC[C@@H](C(=O)NC[C@H]4COc5ccccc5O4)C3)c21. The summed E-state index contributed by atoms with van der Waals surface area (Å²) in [5, 5.41) is 2.92. The van der Waals surface area contributed by atoms with Gasteiger partial charge >= 0.3 is 0 Å². The maximum absolute atomic E-state index is 13.8. The minimum absolute atomic E-state index is 0.0854. The van der Waals surface area contributed by atoms with Gasteiger partial charge < -0.3 is 19.7 Å². The molecule has 1 fully saturated rings. The van der Waals surface area contributed by atoms with Gasteiger partial charge in [-0.25, -0.2) is 8.42 Å². The first-order valence-corrected chi connectivity index (χ1v) is 14.8. The Labute approximate surface area is 225 Å². The van der Waals surface area contributed by atoms with E-state index in [2.05, 4.69) is 21.2 Å². The average molecular weight is 593 g/mol. The van der Waals surface area contributed by atoms with Crippen LogP contribution in [-0.2, 0) is 26.0 Å². The van der Waals surface area contributed by atoms with Crippen molar-refractivity contribution in [3.05, 3.63) is 46.4 Å². The first-order chi connectivity index (χ1) is 17.8. The van der Waals surface area contributed by atoms with Crippen LogP contribution in [0.2, 0.25) is 0 Å². The number of anilines is 1. The maximum atomic E-state index is 13.8. The molecule has 0 bridgehead atoms. The summed E-state index contributed by atoms with van der Waals surface area (Å²) in [4.78, 5) is 27.3. The van der Waals surface area contributed by atoms with E-state index in [0.717, 1.165) is 5.56 Å². The van der Waals surface area contributed by atoms with E-state index in [1.54, 1.807) is 17.9 Å². The van der Waals surface area contributed by atoms with Crippen LogP contribution in [0.1, 0.15) is 31.7 Å². The van der Waals surface area contributed by atoms with E-state index in [1.807, 2.05) is 30.3 Å². The topological polar surface area (TPSA) is 105 Å². The third-order valence-electron chi connectivity index (χ3n) is 7.04. The summed E-state index contributed by atoms with van der Waals surface area (Å²) < 4.78 is 41.3. The fourth-order valence-corrected chi connectivity index (χ4v) is 7.58. The monoisotopic (exact) mass is 591 g/mol. The lowest BCUT2D eigenvalue weighted by Crippen LogP contribution is -2.48. The third-order valence-corrected chi connectivity index (χ3v) is 9.38. The molecule has 0 aromatic heterocycles. The van der Waals surface area contributed by atoms with Crippen LogP contribution in [0, 0.1) is 5.92 Å². The van der Waals surface area contributed by atoms with Crippen LogP contribution in [0.3, 0.4) is 0 Å². The van der Waals surface area contributed by atoms with Crippen molar-refractivity contribution in [2.24, 2.45) is 5.92 Å². The zero-order chi connectivity index (χ0) is 26.2. The average Bonchev–Trinajstić information content (AvgIpc) is 3.34. The Kier molecular flexibility index (Phi) is 7.46. The van der Waals surface area contributed by atoms with Gasteiger partial charge in [-0.15, -0.1) is 0 Å². The van der Waals surface area contributed by atoms with Crippen molar-refractivity contribution in [2.75, 3.05) is 37.7 Å². The number of nitrogens with zero attached hydrogens (tertiary/aromatic N) is 2. The smallest absolute Gasteiger partial charge is 0.245 e. The molecule has 0 radical (unpaired) electrons. The van der Waals surface area contributed by atoms with Gasteiger partial charge in [0.1, 0.15) is 17.6 Å². The van der Waals surface area contributed by atoms with Crippen molar-refractivity contribution in [1.82, 2.24) is 9.62 Å². The summed E-state index contributed by atoms with van der Waals surface area (Å²) in [6, 6.07) is 10.8. The van der Waals surface area contributed by atoms with E-state index in [-0.39, 0.29) is 35.9 Å². The molecule has 2 atom stereocenters. The molecular weight excluding hydrogens is 562 g/mol. The number of rotatable bonds is 6. The Bertz CT molecular complexity index is 1320. The Morgan fingerprint density at radius 1 is 1.16 bits per heavy atom. The van der Waals surface area contributed by atoms with Gasteiger partial charge in [0.25, 0.3) is 0 Å². The van der Waals surface area contributed by atoms with Crippen molar-refractivity contribution >= 4 is 43.5 Å². The number of carbonyl (C=O) groups is 2. The molecular formula is C26H30BrN3O6S. The van der Waals surface area contributed by atoms with E-state index in [4.69, 9.17) is 9.47 Å². The lowest BCUT2D eigenvalue weighted by atomic mass is 9.99. The van der Waals surface area contributed by atoms with Crippen LogP contribution >= 0.6 is 15.9 Å². The molecule has 9 nitrogen and oxygen atoms in total. The lowest BCUT2D eigenvalue weighted by molar-refractivity contribution is -0.126. The van der Waals surface area contributed by atoms with Crippen LogP contribution in [0.15, 0.2) is 45.8 Å². The Hall–Kier alpha value is -2.63. The van der Waals surface area contributed by atoms with E-state index in [0.29, 0.717) is 67.0 Å². The second-order valence-corrected chi connectivity index (χ2v) is 12.3. The lowest BCUT2D eigenvalue weighted by Gasteiger charge is -2.33. The molecule has 5 rings (SSSR count). The number of carbonyl (C=O) groups excluding carboxylic acids is 2. The number of amides is 2. The molecule has 2 aromatic carbocycles. The van der Waals surface area contributed by atoms with E-state index < -0.39 is 15.9 Å². The number of nitrogens with one attached hydrogen (secondary N) is 1. The van der Waals surface area contributed by atoms with Crippen LogP contribution in [0.25, 0.3) is 0 Å². The van der Waals surface area contributed by atoms with Gasteiger partial charge in [-0.3, -0.25) is 9.59 Å². The van der Waals surface area contributed by atoms with Crippen molar-refractivity contribution in [1.29, 1.82) is 0 Å². The maximum Gasteiger partial charge on any atom is 0.245 e. The Morgan fingerprint density at radius 3 is 2.73 bits per heavy atom. The standard InChI is InChI=1S/C26H30BrN3O6S/c1-2-24(31)30-11-9-17-12-19(27)13-23(25(17)30)37(33,34)29-10-5-6-18(15-29)26(32)28-14-20-16-35-21-7-3-4-8-22(21)36-20/h3-4,7-8,12-13,18,20H,2,5-6,9-11,14-16H2,1H3,(H,28,32)/t18-,20+/m1/s1. The normalized spacial score (nSPS) is 21.4. The minimum Gasteiger partial charge on any atom is -0.486 e. The van der Waals surface area contributed by atoms with Gasteiger partial charge in [0.2, 0.25) is 21.8 Å². The number of benzene rings is 2. The summed E-state index contributed by atoms with van der Waals surface area (Å²) in [6.07, 6.45) is 1.74. The minimum atomic E-state index is -3.93. The van der Waals surface area contributed by atoms with Gasteiger partial charge in [-0.1, -0.05) is 35.0 Å². The van der Waals surface area contributed by atoms with E-state index in [9.17, 15) is 18.0 Å². The zero-order valence-corrected chi connectivity index (χ0v) is 23.0. The number of sulfonamides is 1. The molecule has 11 heteroatoms. The quantitative estimate of drug-likeness (QED) is 0.553. The third kappa shape index (κ3) is 5.21. The highest BCUT2D eigenvalue weighted by atomic mass is 79.9. The molecule has 37 heavy (non-hydrogen) atoms. The van der Waals surface area contributed by atoms with E-state index >= 15 is 0 Å². The highest BCUT2D eigenvalue weighted by molar-refractivity contribution is 9.10. The van der Waals surface area contributed by atoms with Crippen LogP contribution in [0.4, 0.5) is 5.69 Å². The molecule has 1 saturated heterocycles. The van der Waals surface area contributed by atoms with Gasteiger partial charge in [-0.05, 0) is 49.1 Å².